The molecule has 2 fully saturated rings. The zero-order valence-electron chi connectivity index (χ0n) is 13.7. The van der Waals surface area contributed by atoms with Crippen molar-refractivity contribution in [1.82, 2.24) is 19.8 Å². The molecule has 0 aromatic carbocycles. The number of aromatic nitrogens is 2. The zero-order chi connectivity index (χ0) is 16.7. The van der Waals surface area contributed by atoms with Crippen LogP contribution in [0.4, 0.5) is 10.1 Å². The molecule has 0 saturated carbocycles. The number of anilines is 1. The van der Waals surface area contributed by atoms with Crippen LogP contribution in [-0.4, -0.2) is 59.3 Å². The van der Waals surface area contributed by atoms with E-state index < -0.39 is 0 Å². The van der Waals surface area contributed by atoms with E-state index in [1.807, 2.05) is 6.07 Å². The van der Waals surface area contributed by atoms with Crippen molar-refractivity contribution in [3.8, 4) is 6.07 Å². The van der Waals surface area contributed by atoms with Gasteiger partial charge in [-0.3, -0.25) is 4.90 Å². The number of rotatable bonds is 1. The van der Waals surface area contributed by atoms with Crippen molar-refractivity contribution in [2.75, 3.05) is 37.6 Å². The highest BCUT2D eigenvalue weighted by molar-refractivity contribution is 5.74. The monoisotopic (exact) mass is 328 g/mol. The van der Waals surface area contributed by atoms with Gasteiger partial charge in [0.1, 0.15) is 17.3 Å². The maximum Gasteiger partial charge on any atom is 0.171 e. The van der Waals surface area contributed by atoms with Crippen LogP contribution in [0.5, 0.6) is 0 Å². The lowest BCUT2D eigenvalue weighted by molar-refractivity contribution is 0.129. The summed E-state index contributed by atoms with van der Waals surface area (Å²) in [7, 11) is 0. The second kappa shape index (κ2) is 6.04. The molecule has 4 heterocycles. The maximum absolute atomic E-state index is 14.3. The number of nitrogens with zero attached hydrogens (tertiary/aromatic N) is 5. The number of nitrogens with one attached hydrogen (secondary N) is 1. The van der Waals surface area contributed by atoms with E-state index in [0.717, 1.165) is 44.8 Å². The van der Waals surface area contributed by atoms with Gasteiger partial charge in [0.05, 0.1) is 11.9 Å². The van der Waals surface area contributed by atoms with Crippen LogP contribution < -0.4 is 10.2 Å². The topological polar surface area (TPSA) is 59.6 Å². The molecule has 126 valence electrons. The predicted octanol–water partition coefficient (Wildman–Crippen LogP) is 1.22. The molecule has 2 saturated heterocycles. The van der Waals surface area contributed by atoms with Gasteiger partial charge in [0.15, 0.2) is 5.82 Å². The Morgan fingerprint density at radius 3 is 3.04 bits per heavy atom. The number of hydrogen-bond donors (Lipinski definition) is 1. The van der Waals surface area contributed by atoms with Crippen molar-refractivity contribution >= 4 is 11.2 Å². The quantitative estimate of drug-likeness (QED) is 0.853. The van der Waals surface area contributed by atoms with Crippen molar-refractivity contribution in [2.45, 2.75) is 25.4 Å². The molecule has 0 bridgehead atoms. The minimum atomic E-state index is -0.375. The van der Waals surface area contributed by atoms with Gasteiger partial charge in [-0.1, -0.05) is 0 Å². The van der Waals surface area contributed by atoms with Crippen LogP contribution in [0.2, 0.25) is 0 Å². The van der Waals surface area contributed by atoms with Gasteiger partial charge >= 0.3 is 0 Å². The van der Waals surface area contributed by atoms with Crippen LogP contribution in [0.25, 0.3) is 5.52 Å². The van der Waals surface area contributed by atoms with Crippen molar-refractivity contribution < 1.29 is 4.39 Å². The average molecular weight is 328 g/mol. The lowest BCUT2D eigenvalue weighted by atomic mass is 10.0. The molecule has 0 amide bonds. The van der Waals surface area contributed by atoms with E-state index in [1.54, 1.807) is 6.07 Å². The summed E-state index contributed by atoms with van der Waals surface area (Å²) in [4.78, 5) is 4.81. The smallest absolute Gasteiger partial charge is 0.171 e. The van der Waals surface area contributed by atoms with Gasteiger partial charge in [0, 0.05) is 38.3 Å². The van der Waals surface area contributed by atoms with Crippen LogP contribution in [0.1, 0.15) is 19.0 Å². The second-order valence-electron chi connectivity index (χ2n) is 6.65. The summed E-state index contributed by atoms with van der Waals surface area (Å²) in [5.74, 6) is -0.375. The van der Waals surface area contributed by atoms with Gasteiger partial charge < -0.3 is 10.2 Å². The highest BCUT2D eigenvalue weighted by Gasteiger charge is 2.33. The second-order valence-corrected chi connectivity index (χ2v) is 6.65. The van der Waals surface area contributed by atoms with Gasteiger partial charge in [0.2, 0.25) is 0 Å². The highest BCUT2D eigenvalue weighted by atomic mass is 19.1. The molecule has 1 N–H and O–H groups in total. The summed E-state index contributed by atoms with van der Waals surface area (Å²) in [6, 6.07) is 6.53. The average Bonchev–Trinajstić information content (AvgIpc) is 2.82. The molecule has 24 heavy (non-hydrogen) atoms. The van der Waals surface area contributed by atoms with Gasteiger partial charge in [-0.2, -0.15) is 10.4 Å². The molecule has 0 radical (unpaired) electrons. The highest BCUT2D eigenvalue weighted by Crippen LogP contribution is 2.30. The third kappa shape index (κ3) is 2.43. The summed E-state index contributed by atoms with van der Waals surface area (Å²) < 4.78 is 15.7. The fourth-order valence-electron chi connectivity index (χ4n) is 4.07. The first kappa shape index (κ1) is 15.4. The van der Waals surface area contributed by atoms with E-state index in [9.17, 15) is 9.65 Å². The van der Waals surface area contributed by atoms with Crippen molar-refractivity contribution in [3.05, 3.63) is 29.8 Å². The molecule has 6 nitrogen and oxygen atoms in total. The molecule has 0 aliphatic carbocycles. The Kier molecular flexibility index (Phi) is 3.87. The van der Waals surface area contributed by atoms with Crippen molar-refractivity contribution in [2.24, 2.45) is 0 Å². The minimum absolute atomic E-state index is 0.350. The summed E-state index contributed by atoms with van der Waals surface area (Å²) in [6.07, 6.45) is 2.28. The molecule has 2 aromatic rings. The normalized spacial score (nSPS) is 25.3. The number of nitriles is 1. The molecule has 2 aromatic heterocycles. The SMILES string of the molecule is C[C@@H]1CN(c2ccc(C#N)n3ncc(F)c23)C[C@@H]2CCNCCN21. The molecular weight excluding hydrogens is 307 g/mol. The largest absolute Gasteiger partial charge is 0.367 e. The third-order valence-electron chi connectivity index (χ3n) is 5.20. The zero-order valence-corrected chi connectivity index (χ0v) is 13.7. The first-order chi connectivity index (χ1) is 11.7. The summed E-state index contributed by atoms with van der Waals surface area (Å²) >= 11 is 0. The van der Waals surface area contributed by atoms with Gasteiger partial charge in [-0.15, -0.1) is 0 Å². The van der Waals surface area contributed by atoms with Gasteiger partial charge in [-0.25, -0.2) is 8.91 Å². The molecule has 4 rings (SSSR count). The van der Waals surface area contributed by atoms with E-state index >= 15 is 0 Å². The molecule has 2 aliphatic heterocycles. The Bertz CT molecular complexity index is 794. The number of piperazine rings is 1. The first-order valence-electron chi connectivity index (χ1n) is 8.47. The van der Waals surface area contributed by atoms with Crippen molar-refractivity contribution in [3.63, 3.8) is 0 Å². The Morgan fingerprint density at radius 2 is 2.21 bits per heavy atom. The van der Waals surface area contributed by atoms with E-state index in [0.29, 0.717) is 23.3 Å². The van der Waals surface area contributed by atoms with E-state index in [-0.39, 0.29) is 5.82 Å². The van der Waals surface area contributed by atoms with Gasteiger partial charge in [-0.05, 0) is 32.0 Å². The Balaban J connectivity index is 1.73. The lowest BCUT2D eigenvalue weighted by Crippen LogP contribution is -2.58. The standard InChI is InChI=1S/C17H21FN6/c1-12-10-22(11-14-4-5-20-6-7-23(12)14)16-3-2-13(8-19)24-17(16)15(18)9-21-24/h2-3,9,12,14,20H,4-7,10-11H2,1H3/t12-,14+/m1/s1. The minimum Gasteiger partial charge on any atom is -0.367 e. The summed E-state index contributed by atoms with van der Waals surface area (Å²) in [6.45, 7) is 7.06. The third-order valence-corrected chi connectivity index (χ3v) is 5.20. The van der Waals surface area contributed by atoms with Crippen LogP contribution in [0.15, 0.2) is 18.3 Å². The van der Waals surface area contributed by atoms with Crippen LogP contribution in [0.3, 0.4) is 0 Å². The Hall–Kier alpha value is -2.17. The lowest BCUT2D eigenvalue weighted by Gasteiger charge is -2.46. The summed E-state index contributed by atoms with van der Waals surface area (Å²) in [5, 5.41) is 16.7. The predicted molar refractivity (Wildman–Crippen MR) is 89.5 cm³/mol. The van der Waals surface area contributed by atoms with E-state index in [1.165, 1.54) is 10.7 Å². The van der Waals surface area contributed by atoms with Crippen LogP contribution in [-0.2, 0) is 0 Å². The number of fused-ring (bicyclic) bond motifs is 2. The van der Waals surface area contributed by atoms with Crippen LogP contribution in [0, 0.1) is 17.1 Å². The molecule has 7 heteroatoms. The first-order valence-corrected chi connectivity index (χ1v) is 8.47. The molecule has 2 atom stereocenters. The molecule has 2 aliphatic rings. The Labute approximate surface area is 140 Å². The van der Waals surface area contributed by atoms with E-state index in [2.05, 4.69) is 33.2 Å². The number of hydrogen-bond acceptors (Lipinski definition) is 5. The molecule has 0 spiro atoms. The van der Waals surface area contributed by atoms with Crippen molar-refractivity contribution in [1.29, 1.82) is 5.26 Å². The fourth-order valence-corrected chi connectivity index (χ4v) is 4.07. The molecule has 0 unspecified atom stereocenters. The maximum atomic E-state index is 14.3. The Morgan fingerprint density at radius 1 is 1.33 bits per heavy atom. The molecular formula is C17H21FN6. The fraction of sp³-hybridized carbons (Fsp3) is 0.529. The van der Waals surface area contributed by atoms with E-state index in [4.69, 9.17) is 0 Å². The number of halogens is 1. The summed E-state index contributed by atoms with van der Waals surface area (Å²) in [5.41, 5.74) is 1.58. The van der Waals surface area contributed by atoms with Gasteiger partial charge in [0.25, 0.3) is 0 Å². The van der Waals surface area contributed by atoms with Crippen LogP contribution >= 0.6 is 0 Å². The number of pyridine rings is 1.